The third kappa shape index (κ3) is 4.91. The predicted octanol–water partition coefficient (Wildman–Crippen LogP) is 1.21. The van der Waals surface area contributed by atoms with Crippen molar-refractivity contribution in [3.63, 3.8) is 0 Å². The maximum Gasteiger partial charge on any atom is 0.273 e. The smallest absolute Gasteiger partial charge is 0.273 e. The molecule has 3 aromatic rings. The summed E-state index contributed by atoms with van der Waals surface area (Å²) in [7, 11) is 4.94. The van der Waals surface area contributed by atoms with Crippen molar-refractivity contribution in [2.24, 2.45) is 0 Å². The number of amides is 2. The number of anilines is 1. The number of hydrogen-bond acceptors (Lipinski definition) is 6. The summed E-state index contributed by atoms with van der Waals surface area (Å²) in [5, 5.41) is 19.9. The van der Waals surface area contributed by atoms with Gasteiger partial charge >= 0.3 is 0 Å². The van der Waals surface area contributed by atoms with Crippen LogP contribution in [0.4, 0.5) is 10.2 Å². The van der Waals surface area contributed by atoms with E-state index in [1.54, 1.807) is 17.4 Å². The second-order valence-electron chi connectivity index (χ2n) is 7.86. The number of carbonyl (C=O) groups excluding carboxylic acids is 2. The van der Waals surface area contributed by atoms with E-state index in [-0.39, 0.29) is 17.4 Å². The zero-order valence-electron chi connectivity index (χ0n) is 17.7. The Morgan fingerprint density at radius 1 is 1.27 bits per heavy atom. The van der Waals surface area contributed by atoms with Gasteiger partial charge in [0.05, 0.1) is 0 Å². The van der Waals surface area contributed by atoms with Crippen molar-refractivity contribution in [1.29, 1.82) is 0 Å². The Kier molecular flexibility index (Phi) is 5.96. The van der Waals surface area contributed by atoms with Gasteiger partial charge in [-0.05, 0) is 66.3 Å². The van der Waals surface area contributed by atoms with E-state index >= 15 is 0 Å². The molecule has 0 saturated heterocycles. The van der Waals surface area contributed by atoms with Gasteiger partial charge in [0, 0.05) is 24.5 Å². The van der Waals surface area contributed by atoms with Crippen molar-refractivity contribution < 1.29 is 24.2 Å². The molecule has 4 rings (SSSR count). The lowest BCUT2D eigenvalue weighted by Crippen LogP contribution is -2.49. The second-order valence-corrected chi connectivity index (χ2v) is 7.86. The molecule has 8 nitrogen and oxygen atoms in total. The highest BCUT2D eigenvalue weighted by atomic mass is 19.1. The standard InChI is InChI=1S/C23H20BFN4O4/c1-13-9-15-6-8-29(20-18(25)3-2-7-26-20)22(31)17(15)11-16(13)10-14-4-5-19(27-12-14)21(30)28-23(24,32)33/h2-5,7,9,11-12,32-33H,6,8,10H2,1H3,(H,28,30). The molecular formula is C23H20BFN4O4. The van der Waals surface area contributed by atoms with Crippen molar-refractivity contribution in [2.75, 3.05) is 11.4 Å². The van der Waals surface area contributed by atoms with Crippen LogP contribution < -0.4 is 10.2 Å². The Hall–Kier alpha value is -3.63. The van der Waals surface area contributed by atoms with Gasteiger partial charge in [-0.15, -0.1) is 0 Å². The lowest BCUT2D eigenvalue weighted by atomic mass is 9.91. The number of rotatable bonds is 5. The summed E-state index contributed by atoms with van der Waals surface area (Å²) in [5.74, 6) is -4.52. The van der Waals surface area contributed by atoms with Crippen LogP contribution in [0.3, 0.4) is 0 Å². The van der Waals surface area contributed by atoms with E-state index in [0.29, 0.717) is 24.9 Å². The molecule has 1 aromatic carbocycles. The maximum absolute atomic E-state index is 14.2. The Labute approximate surface area is 190 Å². The number of halogens is 1. The van der Waals surface area contributed by atoms with Crippen LogP contribution >= 0.6 is 0 Å². The number of aromatic nitrogens is 2. The zero-order valence-corrected chi connectivity index (χ0v) is 17.7. The quantitative estimate of drug-likeness (QED) is 0.401. The van der Waals surface area contributed by atoms with Gasteiger partial charge in [0.15, 0.2) is 25.3 Å². The van der Waals surface area contributed by atoms with Gasteiger partial charge in [-0.2, -0.15) is 0 Å². The number of hydrogen-bond donors (Lipinski definition) is 3. The van der Waals surface area contributed by atoms with E-state index in [9.17, 15) is 14.0 Å². The number of aliphatic hydroxyl groups is 2. The summed E-state index contributed by atoms with van der Waals surface area (Å²) in [4.78, 5) is 34.5. The van der Waals surface area contributed by atoms with Crippen LogP contribution in [0.1, 0.15) is 43.1 Å². The topological polar surface area (TPSA) is 116 Å². The monoisotopic (exact) mass is 446 g/mol. The van der Waals surface area contributed by atoms with Gasteiger partial charge in [0.2, 0.25) is 0 Å². The van der Waals surface area contributed by atoms with Gasteiger partial charge in [0.1, 0.15) is 5.69 Å². The Morgan fingerprint density at radius 2 is 2.06 bits per heavy atom. The van der Waals surface area contributed by atoms with E-state index in [2.05, 4.69) is 9.97 Å². The highest BCUT2D eigenvalue weighted by molar-refractivity contribution is 6.14. The fourth-order valence-corrected chi connectivity index (χ4v) is 3.78. The van der Waals surface area contributed by atoms with Crippen molar-refractivity contribution in [1.82, 2.24) is 15.3 Å². The minimum absolute atomic E-state index is 0.0144. The first-order valence-corrected chi connectivity index (χ1v) is 10.2. The molecule has 1 aliphatic rings. The molecule has 3 N–H and O–H groups in total. The number of fused-ring (bicyclic) bond motifs is 1. The normalized spacial score (nSPS) is 13.6. The number of nitrogens with zero attached hydrogens (tertiary/aromatic N) is 3. The molecule has 2 amide bonds. The van der Waals surface area contributed by atoms with Gasteiger partial charge in [-0.1, -0.05) is 12.1 Å². The first-order chi connectivity index (χ1) is 15.6. The van der Waals surface area contributed by atoms with Gasteiger partial charge in [0.25, 0.3) is 11.8 Å². The fraction of sp³-hybridized carbons (Fsp3) is 0.217. The van der Waals surface area contributed by atoms with Crippen LogP contribution in [-0.4, -0.2) is 52.2 Å². The number of aryl methyl sites for hydroxylation is 1. The van der Waals surface area contributed by atoms with Gasteiger partial charge < -0.3 is 15.5 Å². The number of benzene rings is 1. The Balaban J connectivity index is 1.57. The van der Waals surface area contributed by atoms with Crippen molar-refractivity contribution in [3.8, 4) is 0 Å². The largest absolute Gasteiger partial charge is 0.358 e. The molecule has 33 heavy (non-hydrogen) atoms. The van der Waals surface area contributed by atoms with E-state index in [1.165, 1.54) is 35.5 Å². The summed E-state index contributed by atoms with van der Waals surface area (Å²) >= 11 is 0. The summed E-state index contributed by atoms with van der Waals surface area (Å²) in [6.07, 6.45) is 3.97. The highest BCUT2D eigenvalue weighted by Gasteiger charge is 2.29. The molecule has 0 bridgehead atoms. The summed E-state index contributed by atoms with van der Waals surface area (Å²) in [6.45, 7) is 2.29. The predicted molar refractivity (Wildman–Crippen MR) is 118 cm³/mol. The Bertz CT molecular complexity index is 1230. The van der Waals surface area contributed by atoms with Crippen molar-refractivity contribution >= 4 is 25.5 Å². The molecule has 0 atom stereocenters. The van der Waals surface area contributed by atoms with Crippen LogP contribution in [0, 0.1) is 12.7 Å². The van der Waals surface area contributed by atoms with E-state index in [4.69, 9.17) is 18.1 Å². The van der Waals surface area contributed by atoms with Crippen LogP contribution in [0.25, 0.3) is 0 Å². The molecular weight excluding hydrogens is 426 g/mol. The van der Waals surface area contributed by atoms with Gasteiger partial charge in [-0.25, -0.2) is 9.37 Å². The minimum atomic E-state index is -2.84. The SMILES string of the molecule is [B]C(O)(O)NC(=O)c1ccc(Cc2cc3c(cc2C)CCN(c2ncccc2F)C3=O)cn1. The molecule has 0 spiro atoms. The van der Waals surface area contributed by atoms with Crippen LogP contribution in [0.5, 0.6) is 0 Å². The van der Waals surface area contributed by atoms with Gasteiger partial charge in [-0.3, -0.25) is 19.5 Å². The molecule has 10 heteroatoms. The minimum Gasteiger partial charge on any atom is -0.358 e. The Morgan fingerprint density at radius 3 is 2.73 bits per heavy atom. The second kappa shape index (κ2) is 8.72. The lowest BCUT2D eigenvalue weighted by Gasteiger charge is -2.28. The average molecular weight is 446 g/mol. The fourth-order valence-electron chi connectivity index (χ4n) is 3.78. The summed E-state index contributed by atoms with van der Waals surface area (Å²) < 4.78 is 14.2. The molecule has 0 unspecified atom stereocenters. The zero-order chi connectivity index (χ0) is 23.8. The van der Waals surface area contributed by atoms with E-state index < -0.39 is 17.5 Å². The summed E-state index contributed by atoms with van der Waals surface area (Å²) in [6, 6.07) is 9.63. The highest BCUT2D eigenvalue weighted by Crippen LogP contribution is 2.28. The van der Waals surface area contributed by atoms with E-state index in [0.717, 1.165) is 22.3 Å². The number of nitrogens with one attached hydrogen (secondary N) is 1. The third-order valence-corrected chi connectivity index (χ3v) is 5.39. The molecule has 1 aliphatic heterocycles. The van der Waals surface area contributed by atoms with Crippen molar-refractivity contribution in [3.05, 3.63) is 88.1 Å². The number of carbonyl (C=O) groups is 2. The van der Waals surface area contributed by atoms with E-state index in [1.807, 2.05) is 13.0 Å². The summed E-state index contributed by atoms with van der Waals surface area (Å²) in [5.41, 5.74) is 4.02. The van der Waals surface area contributed by atoms with Crippen molar-refractivity contribution in [2.45, 2.75) is 25.6 Å². The third-order valence-electron chi connectivity index (χ3n) is 5.39. The van der Waals surface area contributed by atoms with Crippen LogP contribution in [0.2, 0.25) is 0 Å². The van der Waals surface area contributed by atoms with Crippen LogP contribution in [0.15, 0.2) is 48.8 Å². The molecule has 0 saturated carbocycles. The molecule has 166 valence electrons. The first-order valence-electron chi connectivity index (χ1n) is 10.2. The first kappa shape index (κ1) is 22.6. The molecule has 3 heterocycles. The van der Waals surface area contributed by atoms with Crippen LogP contribution in [-0.2, 0) is 12.8 Å². The molecule has 0 fully saturated rings. The average Bonchev–Trinajstić information content (AvgIpc) is 2.75. The maximum atomic E-state index is 14.2. The lowest BCUT2D eigenvalue weighted by molar-refractivity contribution is -0.102. The number of pyridine rings is 2. The molecule has 2 aromatic heterocycles. The molecule has 0 aliphatic carbocycles. The molecule has 2 radical (unpaired) electrons.